The Labute approximate surface area is 221 Å². The van der Waals surface area contributed by atoms with Crippen LogP contribution in [0.5, 0.6) is 11.5 Å². The Hall–Kier alpha value is -3.96. The van der Waals surface area contributed by atoms with Gasteiger partial charge in [0, 0.05) is 0 Å². The van der Waals surface area contributed by atoms with Gasteiger partial charge in [-0.1, -0.05) is 35.4 Å². The minimum atomic E-state index is -4.18. The number of methoxy groups -OCH3 is 1. The summed E-state index contributed by atoms with van der Waals surface area (Å²) in [7, 11) is -2.86. The Bertz CT molecular complexity index is 1550. The third kappa shape index (κ3) is 5.42. The molecule has 190 valence electrons. The van der Waals surface area contributed by atoms with Crippen molar-refractivity contribution in [3.63, 3.8) is 0 Å². The lowest BCUT2D eigenvalue weighted by atomic mass is 10.1. The zero-order valence-electron chi connectivity index (χ0n) is 19.9. The second-order valence-corrected chi connectivity index (χ2v) is 10.6. The molecule has 9 nitrogen and oxygen atoms in total. The van der Waals surface area contributed by atoms with Crippen molar-refractivity contribution in [1.82, 2.24) is 5.32 Å². The van der Waals surface area contributed by atoms with Crippen LogP contribution in [-0.2, 0) is 19.7 Å². The number of ether oxygens (including phenoxy) is 1. The van der Waals surface area contributed by atoms with E-state index in [1.807, 2.05) is 13.8 Å². The molecular formula is C26H21BrN2O7S. The molecule has 0 bridgehead atoms. The van der Waals surface area contributed by atoms with E-state index >= 15 is 0 Å². The third-order valence-electron chi connectivity index (χ3n) is 5.46. The standard InChI is InChI=1S/C26H21BrN2O7S/c1-15-4-8-18(9-5-15)29-25(31)20(24(30)28-26(29)32)12-17-13-21(27)23(22(14-17)35-3)36-37(33,34)19-10-6-16(2)7-11-19/h4-14H,1-3H3,(H,28,30,32)/b20-12+. The van der Waals surface area contributed by atoms with Gasteiger partial charge in [-0.2, -0.15) is 8.42 Å². The summed E-state index contributed by atoms with van der Waals surface area (Å²) in [5.74, 6) is -1.75. The molecule has 1 aliphatic heterocycles. The number of barbiturate groups is 1. The molecule has 0 aliphatic carbocycles. The van der Waals surface area contributed by atoms with Crippen molar-refractivity contribution < 1.29 is 31.7 Å². The Kier molecular flexibility index (Phi) is 7.19. The maximum absolute atomic E-state index is 13.1. The molecule has 3 aromatic carbocycles. The van der Waals surface area contributed by atoms with Crippen molar-refractivity contribution in [3.05, 3.63) is 87.4 Å². The number of halogens is 1. The van der Waals surface area contributed by atoms with Gasteiger partial charge < -0.3 is 8.92 Å². The van der Waals surface area contributed by atoms with Gasteiger partial charge in [0.1, 0.15) is 10.5 Å². The van der Waals surface area contributed by atoms with Crippen LogP contribution in [0, 0.1) is 13.8 Å². The first-order valence-electron chi connectivity index (χ1n) is 10.9. The molecule has 1 saturated heterocycles. The molecule has 0 aromatic heterocycles. The fraction of sp³-hybridized carbons (Fsp3) is 0.115. The van der Waals surface area contributed by atoms with Gasteiger partial charge >= 0.3 is 16.1 Å². The Morgan fingerprint density at radius 1 is 0.919 bits per heavy atom. The second kappa shape index (κ2) is 10.2. The number of nitrogens with zero attached hydrogens (tertiary/aromatic N) is 1. The summed E-state index contributed by atoms with van der Waals surface area (Å²) in [6.45, 7) is 3.69. The highest BCUT2D eigenvalue weighted by Gasteiger charge is 2.37. The summed E-state index contributed by atoms with van der Waals surface area (Å²) in [6.07, 6.45) is 1.27. The molecular weight excluding hydrogens is 564 g/mol. The molecule has 4 rings (SSSR count). The zero-order chi connectivity index (χ0) is 26.9. The summed E-state index contributed by atoms with van der Waals surface area (Å²) in [5, 5.41) is 2.16. The smallest absolute Gasteiger partial charge is 0.339 e. The summed E-state index contributed by atoms with van der Waals surface area (Å²) in [4.78, 5) is 38.9. The van der Waals surface area contributed by atoms with Gasteiger partial charge in [-0.05, 0) is 77.8 Å². The molecule has 11 heteroatoms. The molecule has 1 N–H and O–H groups in total. The van der Waals surface area contributed by atoms with Crippen LogP contribution >= 0.6 is 15.9 Å². The number of hydrogen-bond acceptors (Lipinski definition) is 7. The lowest BCUT2D eigenvalue weighted by Crippen LogP contribution is -2.54. The molecule has 3 aromatic rings. The monoisotopic (exact) mass is 584 g/mol. The van der Waals surface area contributed by atoms with Crippen LogP contribution in [0.15, 0.2) is 75.6 Å². The number of hydrogen-bond donors (Lipinski definition) is 1. The zero-order valence-corrected chi connectivity index (χ0v) is 22.3. The first-order chi connectivity index (χ1) is 17.5. The highest BCUT2D eigenvalue weighted by Crippen LogP contribution is 2.39. The number of urea groups is 1. The van der Waals surface area contributed by atoms with Gasteiger partial charge in [0.25, 0.3) is 11.8 Å². The first kappa shape index (κ1) is 26.1. The SMILES string of the molecule is COc1cc(/C=C2\C(=O)NC(=O)N(c3ccc(C)cc3)C2=O)cc(Br)c1OS(=O)(=O)c1ccc(C)cc1. The highest BCUT2D eigenvalue weighted by molar-refractivity contribution is 9.10. The summed E-state index contributed by atoms with van der Waals surface area (Å²) in [5.41, 5.74) is 2.15. The largest absolute Gasteiger partial charge is 0.493 e. The van der Waals surface area contributed by atoms with Crippen molar-refractivity contribution in [2.75, 3.05) is 12.0 Å². The highest BCUT2D eigenvalue weighted by atomic mass is 79.9. The van der Waals surface area contributed by atoms with Crippen LogP contribution in [0.4, 0.5) is 10.5 Å². The molecule has 37 heavy (non-hydrogen) atoms. The van der Waals surface area contributed by atoms with Gasteiger partial charge in [-0.25, -0.2) is 9.69 Å². The fourth-order valence-electron chi connectivity index (χ4n) is 3.52. The minimum absolute atomic E-state index is 0.0343. The van der Waals surface area contributed by atoms with Crippen molar-refractivity contribution in [3.8, 4) is 11.5 Å². The van der Waals surface area contributed by atoms with Crippen molar-refractivity contribution in [1.29, 1.82) is 0 Å². The lowest BCUT2D eigenvalue weighted by molar-refractivity contribution is -0.122. The van der Waals surface area contributed by atoms with Crippen LogP contribution in [-0.4, -0.2) is 33.4 Å². The number of rotatable bonds is 6. The second-order valence-electron chi connectivity index (χ2n) is 8.18. The maximum Gasteiger partial charge on any atom is 0.339 e. The summed E-state index contributed by atoms with van der Waals surface area (Å²) in [6, 6.07) is 14.8. The van der Waals surface area contributed by atoms with Crippen LogP contribution in [0.25, 0.3) is 6.08 Å². The first-order valence-corrected chi connectivity index (χ1v) is 13.1. The average Bonchev–Trinajstić information content (AvgIpc) is 2.84. The molecule has 0 unspecified atom stereocenters. The molecule has 1 fully saturated rings. The van der Waals surface area contributed by atoms with Gasteiger partial charge in [-0.15, -0.1) is 0 Å². The van der Waals surface area contributed by atoms with E-state index in [2.05, 4.69) is 21.2 Å². The van der Waals surface area contributed by atoms with Crippen molar-refractivity contribution >= 4 is 55.7 Å². The minimum Gasteiger partial charge on any atom is -0.493 e. The summed E-state index contributed by atoms with van der Waals surface area (Å²) >= 11 is 3.29. The van der Waals surface area contributed by atoms with E-state index in [-0.39, 0.29) is 26.4 Å². The number of nitrogens with one attached hydrogen (secondary N) is 1. The predicted molar refractivity (Wildman–Crippen MR) is 140 cm³/mol. The van der Waals surface area contributed by atoms with E-state index in [1.165, 1.54) is 37.5 Å². The van der Waals surface area contributed by atoms with Gasteiger partial charge in [0.05, 0.1) is 17.3 Å². The van der Waals surface area contributed by atoms with Crippen LogP contribution in [0.2, 0.25) is 0 Å². The Morgan fingerprint density at radius 3 is 2.11 bits per heavy atom. The van der Waals surface area contributed by atoms with Gasteiger partial charge in [0.2, 0.25) is 0 Å². The third-order valence-corrected chi connectivity index (χ3v) is 7.28. The number of aryl methyl sites for hydroxylation is 2. The molecule has 4 amide bonds. The number of carbonyl (C=O) groups excluding carboxylic acids is 3. The topological polar surface area (TPSA) is 119 Å². The van der Waals surface area contributed by atoms with E-state index in [0.29, 0.717) is 11.3 Å². The molecule has 0 radical (unpaired) electrons. The molecule has 0 spiro atoms. The number of benzene rings is 3. The average molecular weight is 585 g/mol. The fourth-order valence-corrected chi connectivity index (χ4v) is 5.12. The Morgan fingerprint density at radius 2 is 1.51 bits per heavy atom. The van der Waals surface area contributed by atoms with Crippen LogP contribution in [0.3, 0.4) is 0 Å². The number of carbonyl (C=O) groups is 3. The normalized spacial score (nSPS) is 15.1. The molecule has 0 atom stereocenters. The Balaban J connectivity index is 1.69. The number of imide groups is 2. The van der Waals surface area contributed by atoms with Gasteiger partial charge in [-0.3, -0.25) is 14.9 Å². The number of amides is 4. The van der Waals surface area contributed by atoms with E-state index in [0.717, 1.165) is 16.0 Å². The van der Waals surface area contributed by atoms with Crippen molar-refractivity contribution in [2.24, 2.45) is 0 Å². The molecule has 0 saturated carbocycles. The predicted octanol–water partition coefficient (Wildman–Crippen LogP) is 4.51. The molecule has 1 aliphatic rings. The lowest BCUT2D eigenvalue weighted by Gasteiger charge is -2.26. The van der Waals surface area contributed by atoms with E-state index in [9.17, 15) is 22.8 Å². The van der Waals surface area contributed by atoms with Crippen LogP contribution in [0.1, 0.15) is 16.7 Å². The van der Waals surface area contributed by atoms with E-state index in [1.54, 1.807) is 36.4 Å². The summed E-state index contributed by atoms with van der Waals surface area (Å²) < 4.78 is 36.5. The van der Waals surface area contributed by atoms with E-state index in [4.69, 9.17) is 8.92 Å². The van der Waals surface area contributed by atoms with Crippen molar-refractivity contribution in [2.45, 2.75) is 18.7 Å². The van der Waals surface area contributed by atoms with E-state index < -0.39 is 28.0 Å². The quantitative estimate of drug-likeness (QED) is 0.257. The molecule has 1 heterocycles. The van der Waals surface area contributed by atoms with Gasteiger partial charge in [0.15, 0.2) is 11.5 Å². The van der Waals surface area contributed by atoms with Crippen LogP contribution < -0.4 is 19.1 Å². The number of anilines is 1. The maximum atomic E-state index is 13.1.